The SMILES string of the molecule is CC(=O)O.[C-]1=CC=CC1.[C-]1=CC=CC1.[CH2-]C.[Fe+3]. The summed E-state index contributed by atoms with van der Waals surface area (Å²) in [6, 6.07) is 0. The number of carbonyl (C=O) groups is 1. The number of carboxylic acid groups (broad SMARTS) is 1. The Kier molecular flexibility index (Phi) is 25.5. The quantitative estimate of drug-likeness (QED) is 0.542. The van der Waals surface area contributed by atoms with Gasteiger partial charge in [0.05, 0.1) is 0 Å². The maximum Gasteiger partial charge on any atom is 3.00 e. The Hall–Kier alpha value is -1.05. The molecule has 0 amide bonds. The maximum atomic E-state index is 9.00. The largest absolute Gasteiger partial charge is 3.00 e. The van der Waals surface area contributed by atoms with Crippen LogP contribution in [0.25, 0.3) is 0 Å². The fourth-order valence-electron chi connectivity index (χ4n) is 0.680. The van der Waals surface area contributed by atoms with E-state index >= 15 is 0 Å². The van der Waals surface area contributed by atoms with Gasteiger partial charge in [-0.05, 0) is 0 Å². The van der Waals surface area contributed by atoms with Crippen molar-refractivity contribution in [3.05, 3.63) is 55.5 Å². The third kappa shape index (κ3) is 31.3. The second-order valence-electron chi connectivity index (χ2n) is 2.53. The second-order valence-corrected chi connectivity index (χ2v) is 2.53. The van der Waals surface area contributed by atoms with Crippen LogP contribution >= 0.6 is 0 Å². The zero-order valence-electron chi connectivity index (χ0n) is 10.3. The summed E-state index contributed by atoms with van der Waals surface area (Å²) >= 11 is 0. The molecule has 0 aromatic carbocycles. The van der Waals surface area contributed by atoms with E-state index in [0.29, 0.717) is 0 Å². The molecular formula is C14H19FeO2. The minimum Gasteiger partial charge on any atom is -0.481 e. The first-order valence-corrected chi connectivity index (χ1v) is 5.07. The molecule has 1 N–H and O–H groups in total. The van der Waals surface area contributed by atoms with E-state index in [2.05, 4.69) is 31.2 Å². The van der Waals surface area contributed by atoms with Crippen LogP contribution in [0.2, 0.25) is 0 Å². The van der Waals surface area contributed by atoms with Gasteiger partial charge in [0.25, 0.3) is 5.97 Å². The molecule has 3 heteroatoms. The number of hydrogen-bond donors (Lipinski definition) is 1. The summed E-state index contributed by atoms with van der Waals surface area (Å²) < 4.78 is 0. The van der Waals surface area contributed by atoms with E-state index in [9.17, 15) is 0 Å². The molecule has 2 rings (SSSR count). The van der Waals surface area contributed by atoms with E-state index < -0.39 is 5.97 Å². The molecule has 2 aliphatic rings. The molecule has 0 fully saturated rings. The van der Waals surface area contributed by atoms with Crippen molar-refractivity contribution in [2.24, 2.45) is 0 Å². The molecule has 0 aliphatic heterocycles. The molecule has 0 unspecified atom stereocenters. The van der Waals surface area contributed by atoms with Gasteiger partial charge in [-0.25, -0.2) is 24.3 Å². The van der Waals surface area contributed by atoms with E-state index in [1.165, 1.54) is 0 Å². The normalized spacial score (nSPS) is 12.2. The van der Waals surface area contributed by atoms with Crippen molar-refractivity contribution in [3.63, 3.8) is 0 Å². The van der Waals surface area contributed by atoms with Gasteiger partial charge in [-0.1, -0.05) is 0 Å². The van der Waals surface area contributed by atoms with Gasteiger partial charge < -0.3 is 12.0 Å². The van der Waals surface area contributed by atoms with Crippen molar-refractivity contribution < 1.29 is 27.0 Å². The van der Waals surface area contributed by atoms with Crippen molar-refractivity contribution >= 4 is 5.97 Å². The van der Waals surface area contributed by atoms with Gasteiger partial charge in [-0.2, -0.15) is 19.1 Å². The molecule has 0 aromatic heterocycles. The first kappa shape index (κ1) is 21.3. The Bertz CT molecular complexity index is 217. The van der Waals surface area contributed by atoms with Gasteiger partial charge in [0.2, 0.25) is 0 Å². The minimum absolute atomic E-state index is 0. The van der Waals surface area contributed by atoms with Gasteiger partial charge >= 0.3 is 17.1 Å². The van der Waals surface area contributed by atoms with E-state index in [-0.39, 0.29) is 17.1 Å². The summed E-state index contributed by atoms with van der Waals surface area (Å²) in [5.41, 5.74) is 0. The predicted molar refractivity (Wildman–Crippen MR) is 67.5 cm³/mol. The third-order valence-electron chi connectivity index (χ3n) is 1.17. The monoisotopic (exact) mass is 275 g/mol. The molecule has 17 heavy (non-hydrogen) atoms. The average molecular weight is 275 g/mol. The Labute approximate surface area is 115 Å². The van der Waals surface area contributed by atoms with Crippen molar-refractivity contribution in [1.82, 2.24) is 0 Å². The molecule has 0 aromatic rings. The van der Waals surface area contributed by atoms with E-state index in [0.717, 1.165) is 19.8 Å². The number of hydrogen-bond acceptors (Lipinski definition) is 1. The molecule has 2 aliphatic carbocycles. The fourth-order valence-corrected chi connectivity index (χ4v) is 0.680. The van der Waals surface area contributed by atoms with E-state index in [1.807, 2.05) is 24.3 Å². The maximum absolute atomic E-state index is 9.00. The predicted octanol–water partition coefficient (Wildman–Crippen LogP) is 3.54. The number of aliphatic carboxylic acids is 1. The summed E-state index contributed by atoms with van der Waals surface area (Å²) in [6.07, 6.45) is 20.0. The topological polar surface area (TPSA) is 37.3 Å². The van der Waals surface area contributed by atoms with Crippen LogP contribution in [-0.2, 0) is 21.9 Å². The van der Waals surface area contributed by atoms with Crippen LogP contribution in [0.5, 0.6) is 0 Å². The molecular weight excluding hydrogens is 256 g/mol. The molecule has 2 nitrogen and oxygen atoms in total. The number of carboxylic acids is 1. The Morgan fingerprint density at radius 3 is 1.47 bits per heavy atom. The van der Waals surface area contributed by atoms with Crippen molar-refractivity contribution in [2.45, 2.75) is 26.7 Å². The van der Waals surface area contributed by atoms with Crippen LogP contribution in [0.3, 0.4) is 0 Å². The van der Waals surface area contributed by atoms with Crippen molar-refractivity contribution in [3.8, 4) is 0 Å². The summed E-state index contributed by atoms with van der Waals surface area (Å²) in [7, 11) is 0. The Morgan fingerprint density at radius 1 is 1.12 bits per heavy atom. The zero-order chi connectivity index (χ0) is 12.6. The van der Waals surface area contributed by atoms with Crippen molar-refractivity contribution in [1.29, 1.82) is 0 Å². The molecule has 0 spiro atoms. The summed E-state index contributed by atoms with van der Waals surface area (Å²) in [6.45, 7) is 6.08. The fraction of sp³-hybridized carbons (Fsp3) is 0.286. The number of allylic oxidation sites excluding steroid dienone is 8. The molecule has 0 bridgehead atoms. The summed E-state index contributed by atoms with van der Waals surface area (Å²) in [5, 5.41) is 7.42. The molecule has 0 atom stereocenters. The molecule has 95 valence electrons. The molecule has 0 saturated carbocycles. The standard InChI is InChI=1S/2C5H5.C2H4O2.C2H5.Fe/c2*1-2-4-5-3-1;1-2(3)4;1-2;/h2*1-3H,4H2;1H3,(H,3,4);1H2,2H3;/q2*-1;;-1;+3. The third-order valence-corrected chi connectivity index (χ3v) is 1.17. The van der Waals surface area contributed by atoms with Gasteiger partial charge in [0, 0.05) is 6.92 Å². The Balaban J connectivity index is -0.000000158. The summed E-state index contributed by atoms with van der Waals surface area (Å²) in [5.74, 6) is -0.833. The first-order chi connectivity index (χ1) is 7.73. The van der Waals surface area contributed by atoms with Crippen molar-refractivity contribution in [2.75, 3.05) is 0 Å². The van der Waals surface area contributed by atoms with Gasteiger partial charge in [0.1, 0.15) is 0 Å². The van der Waals surface area contributed by atoms with Crippen LogP contribution in [-0.4, -0.2) is 11.1 Å². The molecule has 1 radical (unpaired) electrons. The van der Waals surface area contributed by atoms with Crippen LogP contribution in [0.15, 0.2) is 36.5 Å². The van der Waals surface area contributed by atoms with Crippen LogP contribution in [0, 0.1) is 19.1 Å². The van der Waals surface area contributed by atoms with Gasteiger partial charge in [0.15, 0.2) is 0 Å². The summed E-state index contributed by atoms with van der Waals surface area (Å²) in [4.78, 5) is 9.00. The second kappa shape index (κ2) is 20.4. The number of rotatable bonds is 0. The van der Waals surface area contributed by atoms with E-state index in [4.69, 9.17) is 9.90 Å². The van der Waals surface area contributed by atoms with Crippen LogP contribution in [0.4, 0.5) is 0 Å². The van der Waals surface area contributed by atoms with Gasteiger partial charge in [-0.3, -0.25) is 16.9 Å². The smallest absolute Gasteiger partial charge is 0.481 e. The Morgan fingerprint density at radius 2 is 1.41 bits per heavy atom. The first-order valence-electron chi connectivity index (χ1n) is 5.07. The minimum atomic E-state index is -0.833. The van der Waals surface area contributed by atoms with Crippen LogP contribution in [0.1, 0.15) is 26.7 Å². The molecule has 0 heterocycles. The molecule has 0 saturated heterocycles. The average Bonchev–Trinajstić information content (AvgIpc) is 2.99. The zero-order valence-corrected chi connectivity index (χ0v) is 11.4. The van der Waals surface area contributed by atoms with Crippen LogP contribution < -0.4 is 0 Å². The van der Waals surface area contributed by atoms with Gasteiger partial charge in [-0.15, -0.1) is 12.8 Å². The van der Waals surface area contributed by atoms with E-state index in [1.54, 1.807) is 6.92 Å².